The number of hydrogen-bond donors (Lipinski definition) is 0. The standard InChI is InChI=1S/C11H18BrNO2/c1-3-15-11(14)10-4-6-13(7-5-10)8-9(2)12/h10H,2-8H2,1H3. The van der Waals surface area contributed by atoms with E-state index in [0.717, 1.165) is 37.0 Å². The van der Waals surface area contributed by atoms with E-state index in [1.54, 1.807) is 0 Å². The minimum atomic E-state index is -0.0326. The molecule has 0 aliphatic carbocycles. The van der Waals surface area contributed by atoms with E-state index in [1.165, 1.54) is 0 Å². The largest absolute Gasteiger partial charge is 0.466 e. The normalized spacial score (nSPS) is 18.8. The lowest BCUT2D eigenvalue weighted by atomic mass is 9.97. The van der Waals surface area contributed by atoms with Gasteiger partial charge < -0.3 is 4.74 Å². The number of hydrogen-bond acceptors (Lipinski definition) is 3. The molecule has 1 aliphatic rings. The van der Waals surface area contributed by atoms with Crippen LogP contribution in [0.2, 0.25) is 0 Å². The molecule has 86 valence electrons. The maximum Gasteiger partial charge on any atom is 0.309 e. The third-order valence-corrected chi connectivity index (χ3v) is 2.85. The molecule has 4 heteroatoms. The van der Waals surface area contributed by atoms with Gasteiger partial charge >= 0.3 is 5.97 Å². The fraction of sp³-hybridized carbons (Fsp3) is 0.727. The second kappa shape index (κ2) is 6.28. The Morgan fingerprint density at radius 3 is 2.60 bits per heavy atom. The summed E-state index contributed by atoms with van der Waals surface area (Å²) in [6.07, 6.45) is 1.80. The first-order chi connectivity index (χ1) is 7.13. The van der Waals surface area contributed by atoms with Crippen molar-refractivity contribution in [2.24, 2.45) is 5.92 Å². The van der Waals surface area contributed by atoms with E-state index >= 15 is 0 Å². The van der Waals surface area contributed by atoms with Gasteiger partial charge in [0.1, 0.15) is 0 Å². The van der Waals surface area contributed by atoms with Crippen LogP contribution in [0.3, 0.4) is 0 Å². The summed E-state index contributed by atoms with van der Waals surface area (Å²) in [4.78, 5) is 13.8. The molecular weight excluding hydrogens is 258 g/mol. The van der Waals surface area contributed by atoms with Crippen LogP contribution in [0.25, 0.3) is 0 Å². The molecule has 0 spiro atoms. The highest BCUT2D eigenvalue weighted by Crippen LogP contribution is 2.19. The number of esters is 1. The van der Waals surface area contributed by atoms with Crippen molar-refractivity contribution in [1.82, 2.24) is 4.90 Å². The van der Waals surface area contributed by atoms with Gasteiger partial charge in [-0.05, 0) is 32.9 Å². The molecule has 3 nitrogen and oxygen atoms in total. The van der Waals surface area contributed by atoms with Crippen molar-refractivity contribution >= 4 is 21.9 Å². The zero-order valence-electron chi connectivity index (χ0n) is 9.17. The second-order valence-electron chi connectivity index (χ2n) is 3.82. The van der Waals surface area contributed by atoms with Gasteiger partial charge in [0.05, 0.1) is 12.5 Å². The predicted octanol–water partition coefficient (Wildman–Crippen LogP) is 2.17. The van der Waals surface area contributed by atoms with Gasteiger partial charge in [0.25, 0.3) is 0 Å². The van der Waals surface area contributed by atoms with E-state index in [2.05, 4.69) is 27.4 Å². The van der Waals surface area contributed by atoms with Gasteiger partial charge in [-0.2, -0.15) is 0 Å². The first-order valence-electron chi connectivity index (χ1n) is 5.35. The van der Waals surface area contributed by atoms with E-state index in [4.69, 9.17) is 4.74 Å². The molecule has 0 aromatic carbocycles. The van der Waals surface area contributed by atoms with Crippen LogP contribution < -0.4 is 0 Å². The zero-order chi connectivity index (χ0) is 11.3. The van der Waals surface area contributed by atoms with Crippen molar-refractivity contribution in [2.75, 3.05) is 26.2 Å². The van der Waals surface area contributed by atoms with Crippen molar-refractivity contribution in [2.45, 2.75) is 19.8 Å². The zero-order valence-corrected chi connectivity index (χ0v) is 10.8. The Kier molecular flexibility index (Phi) is 5.32. The van der Waals surface area contributed by atoms with Crippen LogP contribution in [0.1, 0.15) is 19.8 Å². The minimum absolute atomic E-state index is 0.0326. The fourth-order valence-corrected chi connectivity index (χ4v) is 2.18. The Labute approximate surface area is 99.6 Å². The van der Waals surface area contributed by atoms with Crippen LogP contribution in [0, 0.1) is 5.92 Å². The smallest absolute Gasteiger partial charge is 0.309 e. The summed E-state index contributed by atoms with van der Waals surface area (Å²) in [6, 6.07) is 0. The summed E-state index contributed by atoms with van der Waals surface area (Å²) in [6.45, 7) is 8.92. The number of likely N-dealkylation sites (tertiary alicyclic amines) is 1. The molecule has 0 aromatic heterocycles. The number of halogens is 1. The SMILES string of the molecule is C=C(Br)CN1CCC(C(=O)OCC)CC1. The Bertz CT molecular complexity index is 235. The maximum atomic E-state index is 11.5. The van der Waals surface area contributed by atoms with Gasteiger partial charge in [-0.25, -0.2) is 0 Å². The summed E-state index contributed by atoms with van der Waals surface area (Å²) in [5.74, 6) is 0.0691. The average molecular weight is 276 g/mol. The van der Waals surface area contributed by atoms with Crippen LogP contribution in [0.15, 0.2) is 11.1 Å². The van der Waals surface area contributed by atoms with Gasteiger partial charge in [-0.15, -0.1) is 0 Å². The Hall–Kier alpha value is -0.350. The van der Waals surface area contributed by atoms with Gasteiger partial charge in [0.15, 0.2) is 0 Å². The highest BCUT2D eigenvalue weighted by Gasteiger charge is 2.25. The fourth-order valence-electron chi connectivity index (χ4n) is 1.83. The molecule has 0 N–H and O–H groups in total. The predicted molar refractivity (Wildman–Crippen MR) is 63.9 cm³/mol. The monoisotopic (exact) mass is 275 g/mol. The van der Waals surface area contributed by atoms with E-state index < -0.39 is 0 Å². The average Bonchev–Trinajstić information content (AvgIpc) is 2.18. The van der Waals surface area contributed by atoms with Crippen molar-refractivity contribution in [3.8, 4) is 0 Å². The first-order valence-corrected chi connectivity index (χ1v) is 6.15. The molecule has 0 aromatic rings. The summed E-state index contributed by atoms with van der Waals surface area (Å²) in [5, 5.41) is 0. The Morgan fingerprint density at radius 1 is 1.53 bits per heavy atom. The quantitative estimate of drug-likeness (QED) is 0.737. The number of rotatable bonds is 4. The molecule has 0 atom stereocenters. The topological polar surface area (TPSA) is 29.5 Å². The van der Waals surface area contributed by atoms with Crippen molar-refractivity contribution in [3.05, 3.63) is 11.1 Å². The molecule has 0 bridgehead atoms. The van der Waals surface area contributed by atoms with Crippen molar-refractivity contribution in [1.29, 1.82) is 0 Å². The highest BCUT2D eigenvalue weighted by molar-refractivity contribution is 9.11. The maximum absolute atomic E-state index is 11.5. The third kappa shape index (κ3) is 4.34. The molecule has 15 heavy (non-hydrogen) atoms. The summed E-state index contributed by atoms with van der Waals surface area (Å²) in [7, 11) is 0. The van der Waals surface area contributed by atoms with Crippen LogP contribution in [-0.2, 0) is 9.53 Å². The minimum Gasteiger partial charge on any atom is -0.466 e. The highest BCUT2D eigenvalue weighted by atomic mass is 79.9. The van der Waals surface area contributed by atoms with Crippen molar-refractivity contribution in [3.63, 3.8) is 0 Å². The lowest BCUT2D eigenvalue weighted by Gasteiger charge is -2.30. The number of carbonyl (C=O) groups excluding carboxylic acids is 1. The molecule has 1 saturated heterocycles. The molecule has 1 heterocycles. The third-order valence-electron chi connectivity index (χ3n) is 2.60. The lowest BCUT2D eigenvalue weighted by Crippen LogP contribution is -2.37. The van der Waals surface area contributed by atoms with Gasteiger partial charge in [-0.3, -0.25) is 9.69 Å². The second-order valence-corrected chi connectivity index (χ2v) is 4.94. The van der Waals surface area contributed by atoms with Crippen LogP contribution in [-0.4, -0.2) is 37.1 Å². The lowest BCUT2D eigenvalue weighted by molar-refractivity contribution is -0.149. The molecule has 0 amide bonds. The van der Waals surface area contributed by atoms with Crippen LogP contribution >= 0.6 is 15.9 Å². The number of carbonyl (C=O) groups is 1. The van der Waals surface area contributed by atoms with E-state index in [1.807, 2.05) is 6.92 Å². The first kappa shape index (κ1) is 12.7. The van der Waals surface area contributed by atoms with Gasteiger partial charge in [-0.1, -0.05) is 22.5 Å². The molecule has 1 rings (SSSR count). The number of piperidine rings is 1. The summed E-state index contributed by atoms with van der Waals surface area (Å²) >= 11 is 3.35. The molecule has 0 unspecified atom stereocenters. The van der Waals surface area contributed by atoms with E-state index in [-0.39, 0.29) is 11.9 Å². The molecule has 1 fully saturated rings. The molecule has 0 radical (unpaired) electrons. The summed E-state index contributed by atoms with van der Waals surface area (Å²) < 4.78 is 6.01. The van der Waals surface area contributed by atoms with Gasteiger partial charge in [0, 0.05) is 11.0 Å². The molecular formula is C11H18BrNO2. The number of nitrogens with zero attached hydrogens (tertiary/aromatic N) is 1. The summed E-state index contributed by atoms with van der Waals surface area (Å²) in [5.41, 5.74) is 0. The molecule has 0 saturated carbocycles. The van der Waals surface area contributed by atoms with Crippen molar-refractivity contribution < 1.29 is 9.53 Å². The van der Waals surface area contributed by atoms with Crippen LogP contribution in [0.4, 0.5) is 0 Å². The Balaban J connectivity index is 2.29. The van der Waals surface area contributed by atoms with E-state index in [9.17, 15) is 4.79 Å². The molecule has 1 aliphatic heterocycles. The van der Waals surface area contributed by atoms with Gasteiger partial charge in [0.2, 0.25) is 0 Å². The van der Waals surface area contributed by atoms with E-state index in [0.29, 0.717) is 6.61 Å². The van der Waals surface area contributed by atoms with Crippen LogP contribution in [0.5, 0.6) is 0 Å². The number of ether oxygens (including phenoxy) is 1. The Morgan fingerprint density at radius 2 is 2.13 bits per heavy atom.